The van der Waals surface area contributed by atoms with Crippen molar-refractivity contribution < 1.29 is 9.13 Å². The first-order chi connectivity index (χ1) is 9.58. The van der Waals surface area contributed by atoms with Crippen LogP contribution in [0, 0.1) is 17.7 Å². The molecule has 4 heteroatoms. The molecular weight excluding hydrogens is 255 g/mol. The Kier molecular flexibility index (Phi) is 5.35. The van der Waals surface area contributed by atoms with Gasteiger partial charge in [-0.2, -0.15) is 0 Å². The van der Waals surface area contributed by atoms with Crippen molar-refractivity contribution in [3.8, 4) is 5.88 Å². The smallest absolute Gasteiger partial charge is 0.218 e. The van der Waals surface area contributed by atoms with Gasteiger partial charge in [0.15, 0.2) is 0 Å². The van der Waals surface area contributed by atoms with Crippen molar-refractivity contribution in [2.45, 2.75) is 52.7 Å². The van der Waals surface area contributed by atoms with Crippen LogP contribution >= 0.6 is 0 Å². The zero-order valence-electron chi connectivity index (χ0n) is 12.7. The minimum atomic E-state index is -0.310. The van der Waals surface area contributed by atoms with Crippen LogP contribution in [0.5, 0.6) is 5.88 Å². The summed E-state index contributed by atoms with van der Waals surface area (Å²) in [6, 6.07) is 1.51. The SMILES string of the molecule is CCNCc1cc(F)cnc1OC1CC(C)CC(C)C1. The van der Waals surface area contributed by atoms with Crippen molar-refractivity contribution in [3.05, 3.63) is 23.6 Å². The molecular formula is C16H25FN2O. The summed E-state index contributed by atoms with van der Waals surface area (Å²) in [5.74, 6) is 1.64. The molecule has 1 aromatic rings. The molecule has 2 rings (SSSR count). The lowest BCUT2D eigenvalue weighted by Gasteiger charge is -2.31. The summed E-state index contributed by atoms with van der Waals surface area (Å²) in [4.78, 5) is 4.14. The zero-order chi connectivity index (χ0) is 14.5. The standard InChI is InChI=1S/C16H25FN2O/c1-4-18-9-13-8-14(17)10-19-16(13)20-15-6-11(2)5-12(3)7-15/h8,10-12,15,18H,4-7,9H2,1-3H3. The van der Waals surface area contributed by atoms with Gasteiger partial charge in [-0.25, -0.2) is 9.37 Å². The number of rotatable bonds is 5. The molecule has 0 bridgehead atoms. The summed E-state index contributed by atoms with van der Waals surface area (Å²) in [6.07, 6.45) is 4.82. The molecule has 1 saturated carbocycles. The highest BCUT2D eigenvalue weighted by molar-refractivity contribution is 5.26. The van der Waals surface area contributed by atoms with Gasteiger partial charge in [-0.1, -0.05) is 20.8 Å². The van der Waals surface area contributed by atoms with Crippen LogP contribution in [0.15, 0.2) is 12.3 Å². The summed E-state index contributed by atoms with van der Waals surface area (Å²) in [5, 5.41) is 3.20. The van der Waals surface area contributed by atoms with E-state index in [0.717, 1.165) is 24.9 Å². The Balaban J connectivity index is 2.07. The Labute approximate surface area is 120 Å². The number of hydrogen-bond donors (Lipinski definition) is 1. The normalized spacial score (nSPS) is 26.5. The van der Waals surface area contributed by atoms with Gasteiger partial charge >= 0.3 is 0 Å². The van der Waals surface area contributed by atoms with Crippen molar-refractivity contribution in [3.63, 3.8) is 0 Å². The average Bonchev–Trinajstić information content (AvgIpc) is 2.38. The minimum Gasteiger partial charge on any atom is -0.474 e. The summed E-state index contributed by atoms with van der Waals surface area (Å²) in [6.45, 7) is 7.99. The van der Waals surface area contributed by atoms with Crippen LogP contribution < -0.4 is 10.1 Å². The molecule has 1 aliphatic carbocycles. The van der Waals surface area contributed by atoms with Crippen LogP contribution in [-0.4, -0.2) is 17.6 Å². The van der Waals surface area contributed by atoms with Crippen LogP contribution in [0.25, 0.3) is 0 Å². The lowest BCUT2D eigenvalue weighted by Crippen LogP contribution is -2.29. The van der Waals surface area contributed by atoms with Gasteiger partial charge in [-0.15, -0.1) is 0 Å². The summed E-state index contributed by atoms with van der Waals surface area (Å²) >= 11 is 0. The first kappa shape index (κ1) is 15.2. The molecule has 20 heavy (non-hydrogen) atoms. The summed E-state index contributed by atoms with van der Waals surface area (Å²) in [5.41, 5.74) is 0.803. The highest BCUT2D eigenvalue weighted by atomic mass is 19.1. The van der Waals surface area contributed by atoms with E-state index in [2.05, 4.69) is 24.1 Å². The molecule has 0 spiro atoms. The fourth-order valence-electron chi connectivity index (χ4n) is 3.09. The van der Waals surface area contributed by atoms with Crippen molar-refractivity contribution in [2.24, 2.45) is 11.8 Å². The van der Waals surface area contributed by atoms with Gasteiger partial charge in [-0.05, 0) is 43.7 Å². The summed E-state index contributed by atoms with van der Waals surface area (Å²) in [7, 11) is 0. The second-order valence-corrected chi connectivity index (χ2v) is 6.06. The molecule has 112 valence electrons. The Hall–Kier alpha value is -1.16. The molecule has 1 heterocycles. The third-order valence-electron chi connectivity index (χ3n) is 3.87. The van der Waals surface area contributed by atoms with E-state index in [1.807, 2.05) is 6.92 Å². The van der Waals surface area contributed by atoms with Crippen LogP contribution in [0.4, 0.5) is 4.39 Å². The second-order valence-electron chi connectivity index (χ2n) is 6.06. The Morgan fingerprint density at radius 3 is 2.65 bits per heavy atom. The third kappa shape index (κ3) is 4.17. The van der Waals surface area contributed by atoms with E-state index in [4.69, 9.17) is 4.74 Å². The van der Waals surface area contributed by atoms with E-state index in [-0.39, 0.29) is 11.9 Å². The minimum absolute atomic E-state index is 0.201. The van der Waals surface area contributed by atoms with E-state index in [1.54, 1.807) is 0 Å². The number of nitrogens with one attached hydrogen (secondary N) is 1. The zero-order valence-corrected chi connectivity index (χ0v) is 12.7. The van der Waals surface area contributed by atoms with Crippen molar-refractivity contribution >= 4 is 0 Å². The number of hydrogen-bond acceptors (Lipinski definition) is 3. The first-order valence-electron chi connectivity index (χ1n) is 7.60. The van der Waals surface area contributed by atoms with Gasteiger partial charge in [0.25, 0.3) is 0 Å². The number of halogens is 1. The monoisotopic (exact) mass is 280 g/mol. The Morgan fingerprint density at radius 1 is 1.30 bits per heavy atom. The predicted octanol–water partition coefficient (Wildman–Crippen LogP) is 3.53. The molecule has 0 saturated heterocycles. The van der Waals surface area contributed by atoms with Crippen LogP contribution in [-0.2, 0) is 6.54 Å². The first-order valence-corrected chi connectivity index (χ1v) is 7.60. The van der Waals surface area contributed by atoms with Gasteiger partial charge in [-0.3, -0.25) is 0 Å². The highest BCUT2D eigenvalue weighted by Crippen LogP contribution is 2.31. The van der Waals surface area contributed by atoms with Gasteiger partial charge < -0.3 is 10.1 Å². The predicted molar refractivity (Wildman–Crippen MR) is 78.2 cm³/mol. The molecule has 2 atom stereocenters. The fourth-order valence-corrected chi connectivity index (χ4v) is 3.09. The third-order valence-corrected chi connectivity index (χ3v) is 3.87. The quantitative estimate of drug-likeness (QED) is 0.896. The van der Waals surface area contributed by atoms with E-state index in [9.17, 15) is 4.39 Å². The molecule has 0 aliphatic heterocycles. The van der Waals surface area contributed by atoms with Gasteiger partial charge in [0.2, 0.25) is 5.88 Å². The largest absolute Gasteiger partial charge is 0.474 e. The lowest BCUT2D eigenvalue weighted by molar-refractivity contribution is 0.0954. The summed E-state index contributed by atoms with van der Waals surface area (Å²) < 4.78 is 19.4. The molecule has 1 aliphatic rings. The maximum absolute atomic E-state index is 13.3. The molecule has 1 aromatic heterocycles. The van der Waals surface area contributed by atoms with E-state index >= 15 is 0 Å². The molecule has 3 nitrogen and oxygen atoms in total. The average molecular weight is 280 g/mol. The van der Waals surface area contributed by atoms with Gasteiger partial charge in [0, 0.05) is 12.1 Å². The van der Waals surface area contributed by atoms with E-state index in [0.29, 0.717) is 24.3 Å². The Bertz CT molecular complexity index is 428. The molecule has 0 amide bonds. The number of aromatic nitrogens is 1. The topological polar surface area (TPSA) is 34.2 Å². The second kappa shape index (κ2) is 7.02. The fraction of sp³-hybridized carbons (Fsp3) is 0.688. The van der Waals surface area contributed by atoms with Crippen LogP contribution in [0.3, 0.4) is 0 Å². The van der Waals surface area contributed by atoms with Gasteiger partial charge in [0.05, 0.1) is 6.20 Å². The van der Waals surface area contributed by atoms with Crippen LogP contribution in [0.1, 0.15) is 45.6 Å². The van der Waals surface area contributed by atoms with Crippen molar-refractivity contribution in [2.75, 3.05) is 6.54 Å². The highest BCUT2D eigenvalue weighted by Gasteiger charge is 2.26. The maximum Gasteiger partial charge on any atom is 0.218 e. The van der Waals surface area contributed by atoms with Crippen molar-refractivity contribution in [1.29, 1.82) is 0 Å². The number of nitrogens with zero attached hydrogens (tertiary/aromatic N) is 1. The maximum atomic E-state index is 13.3. The van der Waals surface area contributed by atoms with Gasteiger partial charge in [0.1, 0.15) is 11.9 Å². The molecule has 1 fully saturated rings. The number of ether oxygens (including phenoxy) is 1. The van der Waals surface area contributed by atoms with Crippen molar-refractivity contribution in [1.82, 2.24) is 10.3 Å². The van der Waals surface area contributed by atoms with Crippen LogP contribution in [0.2, 0.25) is 0 Å². The van der Waals surface area contributed by atoms with E-state index < -0.39 is 0 Å². The molecule has 0 radical (unpaired) electrons. The lowest BCUT2D eigenvalue weighted by atomic mass is 9.82. The Morgan fingerprint density at radius 2 is 2.00 bits per heavy atom. The molecule has 2 unspecified atom stereocenters. The number of pyridine rings is 1. The molecule has 0 aromatic carbocycles. The van der Waals surface area contributed by atoms with E-state index in [1.165, 1.54) is 18.7 Å². The molecule has 1 N–H and O–H groups in total.